The molecule has 0 spiro atoms. The van der Waals surface area contributed by atoms with Crippen molar-refractivity contribution in [1.82, 2.24) is 0 Å². The molecule has 6 heteroatoms. The number of nitrogens with zero attached hydrogens (tertiary/aromatic N) is 2. The predicted octanol–water partition coefficient (Wildman–Crippen LogP) is 2.27. The molecule has 0 atom stereocenters. The molecule has 0 amide bonds. The molecule has 1 rings (SSSR count). The van der Waals surface area contributed by atoms with E-state index in [0.29, 0.717) is 5.56 Å². The van der Waals surface area contributed by atoms with Crippen LogP contribution in [-0.4, -0.2) is 22.3 Å². The summed E-state index contributed by atoms with van der Waals surface area (Å²) in [4.78, 5) is 22.1. The smallest absolute Gasteiger partial charge is 0.339 e. The summed E-state index contributed by atoms with van der Waals surface area (Å²) in [7, 11) is 0. The number of carbonyl (C=O) groups is 1. The molecule has 1 aromatic carbocycles. The molecule has 96 valence electrons. The van der Waals surface area contributed by atoms with Gasteiger partial charge in [-0.1, -0.05) is 18.2 Å². The zero-order chi connectivity index (χ0) is 13.8. The Kier molecular flexibility index (Phi) is 4.14. The van der Waals surface area contributed by atoms with Crippen LogP contribution in [-0.2, 0) is 4.74 Å². The molecule has 0 aliphatic carbocycles. The summed E-state index contributed by atoms with van der Waals surface area (Å²) in [6, 6.07) is 8.42. The predicted molar refractivity (Wildman–Crippen MR) is 66.0 cm³/mol. The summed E-state index contributed by atoms with van der Waals surface area (Å²) in [5.74, 6) is -0.543. The first-order valence-corrected chi connectivity index (χ1v) is 5.31. The molecule has 0 saturated heterocycles. The molecule has 0 N–H and O–H groups in total. The topological polar surface area (TPSA) is 81.8 Å². The van der Waals surface area contributed by atoms with Gasteiger partial charge in [0.15, 0.2) is 10.6 Å². The number of esters is 1. The number of hydrogen-bond donors (Lipinski definition) is 0. The molecule has 0 aromatic heterocycles. The first-order chi connectivity index (χ1) is 8.33. The third kappa shape index (κ3) is 3.65. The Bertz CT molecular complexity index is 480. The molecule has 6 nitrogen and oxygen atoms in total. The second kappa shape index (κ2) is 5.39. The van der Waals surface area contributed by atoms with E-state index in [9.17, 15) is 14.9 Å². The fourth-order valence-electron chi connectivity index (χ4n) is 1.18. The summed E-state index contributed by atoms with van der Waals surface area (Å²) in [6.07, 6.45) is 0. The lowest BCUT2D eigenvalue weighted by atomic mass is 10.0. The van der Waals surface area contributed by atoms with E-state index >= 15 is 0 Å². The van der Waals surface area contributed by atoms with Gasteiger partial charge in [-0.05, 0) is 32.9 Å². The third-order valence-corrected chi connectivity index (χ3v) is 2.46. The van der Waals surface area contributed by atoms with Crippen LogP contribution in [0.15, 0.2) is 35.4 Å². The zero-order valence-corrected chi connectivity index (χ0v) is 10.4. The van der Waals surface area contributed by atoms with Gasteiger partial charge in [0.25, 0.3) is 0 Å². The number of benzene rings is 1. The van der Waals surface area contributed by atoms with Crippen LogP contribution in [0.3, 0.4) is 0 Å². The molecule has 0 heterocycles. The Morgan fingerprint density at radius 3 is 2.39 bits per heavy atom. The van der Waals surface area contributed by atoms with Gasteiger partial charge in [-0.3, -0.25) is 0 Å². The van der Waals surface area contributed by atoms with Crippen molar-refractivity contribution < 1.29 is 14.6 Å². The zero-order valence-electron chi connectivity index (χ0n) is 10.4. The van der Waals surface area contributed by atoms with Gasteiger partial charge < -0.3 is 4.74 Å². The molecular weight excluding hydrogens is 236 g/mol. The number of carbonyl (C=O) groups excluding carboxylic acids is 1. The van der Waals surface area contributed by atoms with Crippen LogP contribution in [0.5, 0.6) is 0 Å². The van der Waals surface area contributed by atoms with Crippen molar-refractivity contribution in [1.29, 1.82) is 0 Å². The van der Waals surface area contributed by atoms with Gasteiger partial charge in [0.1, 0.15) is 5.71 Å². The number of nitro groups is 1. The van der Waals surface area contributed by atoms with E-state index in [1.165, 1.54) is 6.92 Å². The van der Waals surface area contributed by atoms with E-state index < -0.39 is 16.6 Å². The average Bonchev–Trinajstić information content (AvgIpc) is 2.28. The third-order valence-electron chi connectivity index (χ3n) is 2.46. The van der Waals surface area contributed by atoms with Gasteiger partial charge in [-0.15, -0.1) is 0 Å². The standard InChI is InChI=1S/C12H14N2O4/c1-9(13-14(16)17)12(2,3)18-11(15)10-7-5-4-6-8-10/h4-8H,1-3H3. The Hall–Kier alpha value is -2.24. The van der Waals surface area contributed by atoms with Crippen LogP contribution in [0, 0.1) is 10.1 Å². The maximum Gasteiger partial charge on any atom is 0.339 e. The van der Waals surface area contributed by atoms with Crippen molar-refractivity contribution in [2.75, 3.05) is 0 Å². The average molecular weight is 250 g/mol. The Morgan fingerprint density at radius 2 is 1.89 bits per heavy atom. The molecule has 0 radical (unpaired) electrons. The quantitative estimate of drug-likeness (QED) is 0.355. The monoisotopic (exact) mass is 250 g/mol. The second-order valence-corrected chi connectivity index (χ2v) is 4.19. The lowest BCUT2D eigenvalue weighted by Crippen LogP contribution is -2.36. The summed E-state index contributed by atoms with van der Waals surface area (Å²) >= 11 is 0. The van der Waals surface area contributed by atoms with Gasteiger partial charge in [0.05, 0.1) is 10.7 Å². The van der Waals surface area contributed by atoms with Crippen LogP contribution in [0.25, 0.3) is 0 Å². The summed E-state index contributed by atoms with van der Waals surface area (Å²) in [6.45, 7) is 4.55. The van der Waals surface area contributed by atoms with Crippen molar-refractivity contribution in [2.24, 2.45) is 5.10 Å². The molecular formula is C12H14N2O4. The molecule has 0 unspecified atom stereocenters. The van der Waals surface area contributed by atoms with E-state index in [0.717, 1.165) is 0 Å². The van der Waals surface area contributed by atoms with Crippen molar-refractivity contribution >= 4 is 11.7 Å². The summed E-state index contributed by atoms with van der Waals surface area (Å²) < 4.78 is 5.21. The Morgan fingerprint density at radius 1 is 1.33 bits per heavy atom. The van der Waals surface area contributed by atoms with Gasteiger partial charge in [-0.2, -0.15) is 0 Å². The minimum Gasteiger partial charge on any atom is -0.450 e. The molecule has 1 aromatic rings. The number of hydrazone groups is 1. The van der Waals surface area contributed by atoms with Crippen molar-refractivity contribution in [3.63, 3.8) is 0 Å². The minimum atomic E-state index is -1.13. The van der Waals surface area contributed by atoms with E-state index in [1.54, 1.807) is 44.2 Å². The summed E-state index contributed by atoms with van der Waals surface area (Å²) in [5, 5.41) is 12.6. The number of rotatable bonds is 4. The number of hydrogen-bond acceptors (Lipinski definition) is 4. The van der Waals surface area contributed by atoms with Gasteiger partial charge in [-0.25, -0.2) is 14.9 Å². The lowest BCUT2D eigenvalue weighted by molar-refractivity contribution is -0.485. The lowest BCUT2D eigenvalue weighted by Gasteiger charge is -2.23. The SMILES string of the molecule is CC(=N[N+](=O)[O-])C(C)(C)OC(=O)c1ccccc1. The van der Waals surface area contributed by atoms with E-state index in [1.807, 2.05) is 0 Å². The molecule has 0 aliphatic rings. The van der Waals surface area contributed by atoms with Gasteiger partial charge >= 0.3 is 5.97 Å². The second-order valence-electron chi connectivity index (χ2n) is 4.19. The normalized spacial score (nSPS) is 12.1. The van der Waals surface area contributed by atoms with E-state index in [-0.39, 0.29) is 5.71 Å². The highest BCUT2D eigenvalue weighted by Gasteiger charge is 2.29. The van der Waals surface area contributed by atoms with E-state index in [4.69, 9.17) is 4.74 Å². The molecule has 0 bridgehead atoms. The highest BCUT2D eigenvalue weighted by Crippen LogP contribution is 2.15. The maximum atomic E-state index is 11.8. The molecule has 0 fully saturated rings. The Balaban J connectivity index is 2.84. The molecule has 0 saturated carbocycles. The first-order valence-electron chi connectivity index (χ1n) is 5.31. The first kappa shape index (κ1) is 13.8. The molecule has 18 heavy (non-hydrogen) atoms. The van der Waals surface area contributed by atoms with Crippen LogP contribution in [0.2, 0.25) is 0 Å². The fourth-order valence-corrected chi connectivity index (χ4v) is 1.18. The summed E-state index contributed by atoms with van der Waals surface area (Å²) in [5.41, 5.74) is -0.615. The van der Waals surface area contributed by atoms with Crippen molar-refractivity contribution in [3.8, 4) is 0 Å². The van der Waals surface area contributed by atoms with Crippen LogP contribution in [0.1, 0.15) is 31.1 Å². The van der Waals surface area contributed by atoms with Crippen LogP contribution in [0.4, 0.5) is 0 Å². The number of ether oxygens (including phenoxy) is 1. The fraction of sp³-hybridized carbons (Fsp3) is 0.333. The van der Waals surface area contributed by atoms with Crippen LogP contribution < -0.4 is 0 Å². The van der Waals surface area contributed by atoms with Gasteiger partial charge in [0, 0.05) is 0 Å². The maximum absolute atomic E-state index is 11.8. The highest BCUT2D eigenvalue weighted by atomic mass is 16.7. The van der Waals surface area contributed by atoms with E-state index in [2.05, 4.69) is 5.10 Å². The van der Waals surface area contributed by atoms with Gasteiger partial charge in [0.2, 0.25) is 0 Å². The highest BCUT2D eigenvalue weighted by molar-refractivity contribution is 5.95. The largest absolute Gasteiger partial charge is 0.450 e. The Labute approximate surface area is 104 Å². The van der Waals surface area contributed by atoms with Crippen LogP contribution >= 0.6 is 0 Å². The molecule has 0 aliphatic heterocycles. The van der Waals surface area contributed by atoms with Crippen molar-refractivity contribution in [2.45, 2.75) is 26.4 Å². The van der Waals surface area contributed by atoms with Crippen molar-refractivity contribution in [3.05, 3.63) is 46.0 Å². The minimum absolute atomic E-state index is 0.122.